The summed E-state index contributed by atoms with van der Waals surface area (Å²) in [7, 11) is 0. The molecule has 160 valence electrons. The van der Waals surface area contributed by atoms with Gasteiger partial charge in [-0.1, -0.05) is 49.2 Å². The molecule has 7 heteroatoms. The normalized spacial score (nSPS) is 27.8. The Morgan fingerprint density at radius 3 is 2.33 bits per heavy atom. The zero-order chi connectivity index (χ0) is 21.3. The number of fused-ring (bicyclic) bond motifs is 1. The molecule has 2 saturated heterocycles. The third-order valence-corrected chi connectivity index (χ3v) is 7.55. The SMILES string of the molecule is CC[C@@H]1CSC(=Nc2ccc(C)cc2)N1C(=O)CCN1C(=O)[C@H]2CCCC[C@@H]2C1=O. The largest absolute Gasteiger partial charge is 0.287 e. The Balaban J connectivity index is 1.46. The predicted octanol–water partition coefficient (Wildman–Crippen LogP) is 3.90. The van der Waals surface area contributed by atoms with Crippen molar-refractivity contribution >= 4 is 40.3 Å². The van der Waals surface area contributed by atoms with Crippen LogP contribution in [0.5, 0.6) is 0 Å². The number of aliphatic imine (C=N–C) groups is 1. The fourth-order valence-electron chi connectivity index (χ4n) is 4.68. The quantitative estimate of drug-likeness (QED) is 0.668. The molecule has 0 N–H and O–H groups in total. The summed E-state index contributed by atoms with van der Waals surface area (Å²) in [4.78, 5) is 46.3. The van der Waals surface area contributed by atoms with Gasteiger partial charge in [0.25, 0.3) is 0 Å². The summed E-state index contributed by atoms with van der Waals surface area (Å²) >= 11 is 1.59. The number of hydrogen-bond donors (Lipinski definition) is 0. The van der Waals surface area contributed by atoms with Crippen LogP contribution in [0.4, 0.5) is 5.69 Å². The molecule has 0 aromatic heterocycles. The van der Waals surface area contributed by atoms with Gasteiger partial charge < -0.3 is 0 Å². The first-order valence-electron chi connectivity index (χ1n) is 10.9. The highest BCUT2D eigenvalue weighted by Gasteiger charge is 2.48. The number of thioether (sulfide) groups is 1. The van der Waals surface area contributed by atoms with Crippen molar-refractivity contribution in [3.63, 3.8) is 0 Å². The molecule has 1 saturated carbocycles. The first kappa shape index (κ1) is 21.1. The number of carbonyl (C=O) groups excluding carboxylic acids is 3. The molecule has 4 rings (SSSR count). The molecular formula is C23H29N3O3S. The Kier molecular flexibility index (Phi) is 6.27. The summed E-state index contributed by atoms with van der Waals surface area (Å²) in [5.41, 5.74) is 1.99. The smallest absolute Gasteiger partial charge is 0.233 e. The molecule has 6 nitrogen and oxygen atoms in total. The summed E-state index contributed by atoms with van der Waals surface area (Å²) in [5.74, 6) is 0.283. The number of amides is 3. The monoisotopic (exact) mass is 427 g/mol. The van der Waals surface area contributed by atoms with E-state index in [1.54, 1.807) is 16.7 Å². The molecular weight excluding hydrogens is 398 g/mol. The molecule has 2 aliphatic heterocycles. The van der Waals surface area contributed by atoms with Gasteiger partial charge >= 0.3 is 0 Å². The first-order chi connectivity index (χ1) is 14.5. The van der Waals surface area contributed by atoms with E-state index in [-0.39, 0.29) is 48.6 Å². The van der Waals surface area contributed by atoms with Crippen LogP contribution >= 0.6 is 11.8 Å². The topological polar surface area (TPSA) is 70.1 Å². The number of likely N-dealkylation sites (tertiary alicyclic amines) is 1. The maximum atomic E-state index is 13.1. The maximum absolute atomic E-state index is 13.1. The van der Waals surface area contributed by atoms with Crippen molar-refractivity contribution < 1.29 is 14.4 Å². The van der Waals surface area contributed by atoms with Crippen LogP contribution in [0.3, 0.4) is 0 Å². The van der Waals surface area contributed by atoms with Crippen molar-refractivity contribution in [2.75, 3.05) is 12.3 Å². The highest BCUT2D eigenvalue weighted by Crippen LogP contribution is 2.38. The van der Waals surface area contributed by atoms with Crippen LogP contribution in [0.2, 0.25) is 0 Å². The molecule has 1 aliphatic carbocycles. The van der Waals surface area contributed by atoms with E-state index in [0.717, 1.165) is 49.1 Å². The van der Waals surface area contributed by atoms with E-state index in [2.05, 4.69) is 6.92 Å². The molecule has 3 fully saturated rings. The zero-order valence-corrected chi connectivity index (χ0v) is 18.5. The minimum Gasteiger partial charge on any atom is -0.287 e. The lowest BCUT2D eigenvalue weighted by Gasteiger charge is -2.24. The average Bonchev–Trinajstić information content (AvgIpc) is 3.27. The summed E-state index contributed by atoms with van der Waals surface area (Å²) in [6, 6.07) is 8.01. The summed E-state index contributed by atoms with van der Waals surface area (Å²) in [5, 5.41) is 0.712. The molecule has 3 amide bonds. The Morgan fingerprint density at radius 1 is 1.10 bits per heavy atom. The number of carbonyl (C=O) groups is 3. The third-order valence-electron chi connectivity index (χ3n) is 6.46. The van der Waals surface area contributed by atoms with Gasteiger partial charge in [0.2, 0.25) is 17.7 Å². The van der Waals surface area contributed by atoms with Crippen LogP contribution in [-0.2, 0) is 14.4 Å². The minimum absolute atomic E-state index is 0.0619. The second-order valence-corrected chi connectivity index (χ2v) is 9.43. The van der Waals surface area contributed by atoms with Crippen LogP contribution in [-0.4, -0.2) is 51.0 Å². The van der Waals surface area contributed by atoms with Gasteiger partial charge in [0, 0.05) is 24.8 Å². The number of aryl methyl sites for hydroxylation is 1. The van der Waals surface area contributed by atoms with E-state index in [4.69, 9.17) is 4.99 Å². The van der Waals surface area contributed by atoms with Crippen LogP contribution in [0.25, 0.3) is 0 Å². The first-order valence-corrected chi connectivity index (χ1v) is 11.9. The van der Waals surface area contributed by atoms with Crippen LogP contribution < -0.4 is 0 Å². The summed E-state index contributed by atoms with van der Waals surface area (Å²) in [6.07, 6.45) is 4.61. The van der Waals surface area contributed by atoms with Gasteiger partial charge in [-0.05, 0) is 38.3 Å². The Morgan fingerprint density at radius 2 is 1.73 bits per heavy atom. The van der Waals surface area contributed by atoms with Crippen molar-refractivity contribution in [3.05, 3.63) is 29.8 Å². The minimum atomic E-state index is -0.161. The summed E-state index contributed by atoms with van der Waals surface area (Å²) in [6.45, 7) is 4.28. The number of hydrogen-bond acceptors (Lipinski definition) is 5. The standard InChI is InChI=1S/C23H29N3O3S/c1-3-17-14-30-23(24-16-10-8-15(2)9-11-16)26(17)20(27)12-13-25-21(28)18-6-4-5-7-19(18)22(25)29/h8-11,17-19H,3-7,12-14H2,1-2H3/t17-,18+,19+/m1/s1. The van der Waals surface area contributed by atoms with Crippen LogP contribution in [0.15, 0.2) is 29.3 Å². The number of rotatable bonds is 5. The van der Waals surface area contributed by atoms with E-state index in [0.29, 0.717) is 5.17 Å². The highest BCUT2D eigenvalue weighted by atomic mass is 32.2. The average molecular weight is 428 g/mol. The second-order valence-electron chi connectivity index (χ2n) is 8.44. The lowest BCUT2D eigenvalue weighted by Crippen LogP contribution is -2.41. The maximum Gasteiger partial charge on any atom is 0.233 e. The van der Waals surface area contributed by atoms with Gasteiger partial charge in [0.1, 0.15) is 0 Å². The molecule has 0 radical (unpaired) electrons. The zero-order valence-electron chi connectivity index (χ0n) is 17.7. The van der Waals surface area contributed by atoms with Crippen LogP contribution in [0.1, 0.15) is 51.0 Å². The molecule has 2 heterocycles. The molecule has 0 unspecified atom stereocenters. The van der Waals surface area contributed by atoms with Gasteiger partial charge in [-0.25, -0.2) is 4.99 Å². The number of amidine groups is 1. The van der Waals surface area contributed by atoms with Crippen molar-refractivity contribution in [2.45, 2.75) is 58.4 Å². The molecule has 30 heavy (non-hydrogen) atoms. The van der Waals surface area contributed by atoms with E-state index < -0.39 is 0 Å². The van der Waals surface area contributed by atoms with Gasteiger partial charge in [-0.15, -0.1) is 0 Å². The van der Waals surface area contributed by atoms with E-state index in [9.17, 15) is 14.4 Å². The van der Waals surface area contributed by atoms with Gasteiger partial charge in [-0.2, -0.15) is 0 Å². The van der Waals surface area contributed by atoms with E-state index in [1.807, 2.05) is 31.2 Å². The second kappa shape index (κ2) is 8.92. The number of imide groups is 1. The van der Waals surface area contributed by atoms with Crippen molar-refractivity contribution in [1.82, 2.24) is 9.80 Å². The fourth-order valence-corrected chi connectivity index (χ4v) is 5.96. The highest BCUT2D eigenvalue weighted by molar-refractivity contribution is 8.14. The lowest BCUT2D eigenvalue weighted by molar-refractivity contribution is -0.140. The third kappa shape index (κ3) is 4.04. The lowest BCUT2D eigenvalue weighted by atomic mass is 9.81. The van der Waals surface area contributed by atoms with Crippen LogP contribution in [0, 0.1) is 18.8 Å². The van der Waals surface area contributed by atoms with Gasteiger partial charge in [0.05, 0.1) is 17.5 Å². The Labute approximate surface area is 182 Å². The van der Waals surface area contributed by atoms with Crippen molar-refractivity contribution in [3.8, 4) is 0 Å². The van der Waals surface area contributed by atoms with E-state index in [1.165, 1.54) is 4.90 Å². The number of benzene rings is 1. The molecule has 0 bridgehead atoms. The summed E-state index contributed by atoms with van der Waals surface area (Å²) < 4.78 is 0. The van der Waals surface area contributed by atoms with Gasteiger partial charge in [0.15, 0.2) is 5.17 Å². The Bertz CT molecular complexity index is 843. The van der Waals surface area contributed by atoms with E-state index >= 15 is 0 Å². The molecule has 1 aromatic carbocycles. The fraction of sp³-hybridized carbons (Fsp3) is 0.565. The molecule has 0 spiro atoms. The van der Waals surface area contributed by atoms with Crippen molar-refractivity contribution in [2.24, 2.45) is 16.8 Å². The predicted molar refractivity (Wildman–Crippen MR) is 118 cm³/mol. The Hall–Kier alpha value is -2.15. The van der Waals surface area contributed by atoms with Gasteiger partial charge in [-0.3, -0.25) is 24.2 Å². The molecule has 3 atom stereocenters. The number of nitrogens with zero attached hydrogens (tertiary/aromatic N) is 3. The molecule has 3 aliphatic rings. The van der Waals surface area contributed by atoms with Crippen molar-refractivity contribution in [1.29, 1.82) is 0 Å². The molecule has 1 aromatic rings.